The van der Waals surface area contributed by atoms with Gasteiger partial charge in [0.15, 0.2) is 5.96 Å². The van der Waals surface area contributed by atoms with Crippen LogP contribution in [-0.4, -0.2) is 55.7 Å². The molecule has 2 rings (SSSR count). The first-order valence-corrected chi connectivity index (χ1v) is 9.82. The van der Waals surface area contributed by atoms with Gasteiger partial charge in [0.25, 0.3) is 0 Å². The van der Waals surface area contributed by atoms with Crippen LogP contribution in [0.3, 0.4) is 0 Å². The Hall–Kier alpha value is -1.82. The van der Waals surface area contributed by atoms with Crippen LogP contribution in [-0.2, 0) is 6.54 Å². The molecule has 0 amide bonds. The number of methoxy groups -OCH3 is 1. The van der Waals surface area contributed by atoms with E-state index in [1.165, 1.54) is 38.8 Å². The van der Waals surface area contributed by atoms with Crippen LogP contribution in [0.2, 0.25) is 0 Å². The van der Waals surface area contributed by atoms with E-state index in [9.17, 15) is 0 Å². The SMILES string of the molecule is CN=C(NCc1cccnc1OC)NCC(C(C)C)N1CCCCCC1. The summed E-state index contributed by atoms with van der Waals surface area (Å²) in [4.78, 5) is 11.3. The Morgan fingerprint density at radius 2 is 1.96 bits per heavy atom. The van der Waals surface area contributed by atoms with Gasteiger partial charge in [-0.1, -0.05) is 32.8 Å². The lowest BCUT2D eigenvalue weighted by Gasteiger charge is -2.34. The molecule has 1 aliphatic heterocycles. The minimum atomic E-state index is 0.527. The zero-order valence-electron chi connectivity index (χ0n) is 16.8. The fraction of sp³-hybridized carbons (Fsp3) is 0.700. The van der Waals surface area contributed by atoms with Gasteiger partial charge in [-0.2, -0.15) is 0 Å². The molecular weight excluding hydrogens is 326 g/mol. The number of ether oxygens (including phenoxy) is 1. The third-order valence-electron chi connectivity index (χ3n) is 5.07. The third-order valence-corrected chi connectivity index (χ3v) is 5.07. The van der Waals surface area contributed by atoms with Crippen LogP contribution in [0.1, 0.15) is 45.1 Å². The van der Waals surface area contributed by atoms with Crippen molar-refractivity contribution in [3.8, 4) is 5.88 Å². The Kier molecular flexibility index (Phi) is 8.68. The number of hydrogen-bond donors (Lipinski definition) is 2. The molecule has 1 atom stereocenters. The molecule has 146 valence electrons. The van der Waals surface area contributed by atoms with Crippen molar-refractivity contribution in [3.63, 3.8) is 0 Å². The molecule has 1 fully saturated rings. The third kappa shape index (κ3) is 6.16. The molecule has 1 saturated heterocycles. The molecule has 6 heteroatoms. The lowest BCUT2D eigenvalue weighted by molar-refractivity contribution is 0.161. The van der Waals surface area contributed by atoms with Crippen molar-refractivity contribution in [2.75, 3.05) is 33.8 Å². The molecule has 26 heavy (non-hydrogen) atoms. The van der Waals surface area contributed by atoms with Gasteiger partial charge in [0, 0.05) is 37.9 Å². The zero-order chi connectivity index (χ0) is 18.8. The topological polar surface area (TPSA) is 61.8 Å². The lowest BCUT2D eigenvalue weighted by Crippen LogP contribution is -2.49. The molecular formula is C20H35N5O. The average Bonchev–Trinajstić information content (AvgIpc) is 2.93. The summed E-state index contributed by atoms with van der Waals surface area (Å²) >= 11 is 0. The molecule has 0 radical (unpaired) electrons. The fourth-order valence-corrected chi connectivity index (χ4v) is 3.56. The zero-order valence-corrected chi connectivity index (χ0v) is 16.8. The van der Waals surface area contributed by atoms with Gasteiger partial charge in [-0.05, 0) is 37.9 Å². The summed E-state index contributed by atoms with van der Waals surface area (Å²) in [5.41, 5.74) is 1.02. The van der Waals surface area contributed by atoms with Crippen molar-refractivity contribution < 1.29 is 4.74 Å². The van der Waals surface area contributed by atoms with E-state index < -0.39 is 0 Å². The summed E-state index contributed by atoms with van der Waals surface area (Å²) in [6, 6.07) is 4.46. The lowest BCUT2D eigenvalue weighted by atomic mass is 10.0. The molecule has 1 unspecified atom stereocenters. The minimum absolute atomic E-state index is 0.527. The number of aliphatic imine (C=N–C) groups is 1. The second kappa shape index (κ2) is 11.0. The molecule has 1 aromatic heterocycles. The predicted octanol–water partition coefficient (Wildman–Crippen LogP) is 2.66. The van der Waals surface area contributed by atoms with E-state index in [0.29, 0.717) is 24.4 Å². The van der Waals surface area contributed by atoms with E-state index in [0.717, 1.165) is 18.1 Å². The Morgan fingerprint density at radius 3 is 2.58 bits per heavy atom. The van der Waals surface area contributed by atoms with Gasteiger partial charge in [-0.25, -0.2) is 4.98 Å². The van der Waals surface area contributed by atoms with Gasteiger partial charge >= 0.3 is 0 Å². The van der Waals surface area contributed by atoms with Crippen LogP contribution >= 0.6 is 0 Å². The second-order valence-electron chi connectivity index (χ2n) is 7.24. The fourth-order valence-electron chi connectivity index (χ4n) is 3.56. The highest BCUT2D eigenvalue weighted by Crippen LogP contribution is 2.17. The highest BCUT2D eigenvalue weighted by Gasteiger charge is 2.22. The molecule has 1 aliphatic rings. The molecule has 0 aromatic carbocycles. The second-order valence-corrected chi connectivity index (χ2v) is 7.24. The smallest absolute Gasteiger partial charge is 0.218 e. The van der Waals surface area contributed by atoms with Gasteiger partial charge < -0.3 is 15.4 Å². The highest BCUT2D eigenvalue weighted by atomic mass is 16.5. The normalized spacial score (nSPS) is 17.7. The van der Waals surface area contributed by atoms with Gasteiger partial charge in [0.1, 0.15) is 0 Å². The van der Waals surface area contributed by atoms with Crippen LogP contribution in [0, 0.1) is 5.92 Å². The molecule has 0 spiro atoms. The van der Waals surface area contributed by atoms with E-state index in [2.05, 4.69) is 39.4 Å². The number of rotatable bonds is 7. The van der Waals surface area contributed by atoms with E-state index in [1.807, 2.05) is 19.2 Å². The van der Waals surface area contributed by atoms with Gasteiger partial charge in [0.2, 0.25) is 5.88 Å². The van der Waals surface area contributed by atoms with Gasteiger partial charge in [0.05, 0.1) is 7.11 Å². The number of hydrogen-bond acceptors (Lipinski definition) is 4. The molecule has 0 saturated carbocycles. The van der Waals surface area contributed by atoms with E-state index in [1.54, 1.807) is 13.3 Å². The monoisotopic (exact) mass is 361 g/mol. The first-order chi connectivity index (χ1) is 12.7. The van der Waals surface area contributed by atoms with Crippen LogP contribution in [0.5, 0.6) is 5.88 Å². The Labute approximate surface area is 158 Å². The van der Waals surface area contributed by atoms with Gasteiger partial charge in [-0.3, -0.25) is 9.89 Å². The Morgan fingerprint density at radius 1 is 1.23 bits per heavy atom. The predicted molar refractivity (Wildman–Crippen MR) is 108 cm³/mol. The van der Waals surface area contributed by atoms with Crippen molar-refractivity contribution in [1.29, 1.82) is 0 Å². The van der Waals surface area contributed by atoms with Crippen LogP contribution < -0.4 is 15.4 Å². The summed E-state index contributed by atoms with van der Waals surface area (Å²) in [7, 11) is 3.46. The van der Waals surface area contributed by atoms with Crippen LogP contribution in [0.25, 0.3) is 0 Å². The molecule has 2 N–H and O–H groups in total. The number of likely N-dealkylation sites (tertiary alicyclic amines) is 1. The van der Waals surface area contributed by atoms with Gasteiger partial charge in [-0.15, -0.1) is 0 Å². The molecule has 0 bridgehead atoms. The summed E-state index contributed by atoms with van der Waals surface area (Å²) in [6.45, 7) is 8.59. The molecule has 6 nitrogen and oxygen atoms in total. The van der Waals surface area contributed by atoms with Crippen molar-refractivity contribution >= 4 is 5.96 Å². The summed E-state index contributed by atoms with van der Waals surface area (Å²) in [5, 5.41) is 6.88. The van der Waals surface area contributed by atoms with Crippen molar-refractivity contribution in [1.82, 2.24) is 20.5 Å². The number of nitrogens with one attached hydrogen (secondary N) is 2. The van der Waals surface area contributed by atoms with Crippen molar-refractivity contribution in [3.05, 3.63) is 23.9 Å². The van der Waals surface area contributed by atoms with Crippen LogP contribution in [0.15, 0.2) is 23.3 Å². The maximum absolute atomic E-state index is 5.31. The Bertz CT molecular complexity index is 553. The number of nitrogens with zero attached hydrogens (tertiary/aromatic N) is 3. The largest absolute Gasteiger partial charge is 0.481 e. The van der Waals surface area contributed by atoms with Crippen molar-refractivity contribution in [2.45, 2.75) is 52.1 Å². The summed E-state index contributed by atoms with van der Waals surface area (Å²) in [5.74, 6) is 2.08. The number of aromatic nitrogens is 1. The molecule has 1 aromatic rings. The average molecular weight is 362 g/mol. The molecule has 0 aliphatic carbocycles. The first-order valence-electron chi connectivity index (χ1n) is 9.82. The standard InChI is InChI=1S/C20H35N5O/c1-16(2)18(25-12-7-5-6-8-13-25)15-24-20(21-3)23-14-17-10-9-11-22-19(17)26-4/h9-11,16,18H,5-8,12-15H2,1-4H3,(H2,21,23,24). The summed E-state index contributed by atoms with van der Waals surface area (Å²) in [6.07, 6.45) is 7.10. The van der Waals surface area contributed by atoms with E-state index in [4.69, 9.17) is 4.74 Å². The Balaban J connectivity index is 1.89. The maximum atomic E-state index is 5.31. The van der Waals surface area contributed by atoms with Crippen LogP contribution in [0.4, 0.5) is 0 Å². The van der Waals surface area contributed by atoms with E-state index in [-0.39, 0.29) is 0 Å². The molecule has 2 heterocycles. The van der Waals surface area contributed by atoms with E-state index >= 15 is 0 Å². The van der Waals surface area contributed by atoms with Crippen molar-refractivity contribution in [2.24, 2.45) is 10.9 Å². The number of guanidine groups is 1. The summed E-state index contributed by atoms with van der Waals surface area (Å²) < 4.78 is 5.31. The minimum Gasteiger partial charge on any atom is -0.481 e. The maximum Gasteiger partial charge on any atom is 0.218 e. The first kappa shape index (κ1) is 20.5. The highest BCUT2D eigenvalue weighted by molar-refractivity contribution is 5.79. The quantitative estimate of drug-likeness (QED) is 0.577. The number of pyridine rings is 1.